The van der Waals surface area contributed by atoms with Crippen molar-refractivity contribution in [2.45, 2.75) is 13.1 Å². The number of benzene rings is 1. The number of ether oxygens (including phenoxy) is 1. The van der Waals surface area contributed by atoms with Gasteiger partial charge < -0.3 is 4.74 Å². The van der Waals surface area contributed by atoms with Crippen molar-refractivity contribution in [3.05, 3.63) is 66.0 Å². The fourth-order valence-corrected chi connectivity index (χ4v) is 3.16. The minimum Gasteiger partial charge on any atom is -0.346 e. The van der Waals surface area contributed by atoms with Gasteiger partial charge in [-0.1, -0.05) is 36.4 Å². The van der Waals surface area contributed by atoms with E-state index in [9.17, 15) is 8.42 Å². The zero-order valence-electron chi connectivity index (χ0n) is 13.1. The van der Waals surface area contributed by atoms with Crippen LogP contribution >= 0.6 is 11.5 Å². The Hall–Kier alpha value is -1.58. The minimum atomic E-state index is -3.34. The van der Waals surface area contributed by atoms with E-state index in [0.29, 0.717) is 6.54 Å². The molecule has 24 heavy (non-hydrogen) atoms. The predicted octanol–water partition coefficient (Wildman–Crippen LogP) is 1.45. The molecule has 0 unspecified atom stereocenters. The second-order valence-corrected chi connectivity index (χ2v) is 7.64. The van der Waals surface area contributed by atoms with Gasteiger partial charge in [-0.3, -0.25) is 9.71 Å². The molecule has 0 amide bonds. The molecule has 2 rings (SSSR count). The number of aromatic nitrogens is 1. The molecule has 0 aliphatic rings. The van der Waals surface area contributed by atoms with E-state index in [2.05, 4.69) is 14.4 Å². The highest BCUT2D eigenvalue weighted by molar-refractivity contribution is 7.95. The summed E-state index contributed by atoms with van der Waals surface area (Å²) >= 11 is 0.779. The first-order chi connectivity index (χ1) is 11.7. The first kappa shape index (κ1) is 18.8. The maximum atomic E-state index is 11.8. The highest BCUT2D eigenvalue weighted by Gasteiger charge is 2.09. The van der Waals surface area contributed by atoms with Gasteiger partial charge in [-0.25, -0.2) is 13.1 Å². The number of nitrogens with zero attached hydrogens (tertiary/aromatic N) is 1. The summed E-state index contributed by atoms with van der Waals surface area (Å²) in [4.78, 5) is 4.02. The van der Waals surface area contributed by atoms with Crippen LogP contribution in [0.4, 0.5) is 0 Å². The van der Waals surface area contributed by atoms with E-state index in [1.165, 1.54) is 0 Å². The van der Waals surface area contributed by atoms with Crippen LogP contribution in [0.5, 0.6) is 0 Å². The van der Waals surface area contributed by atoms with E-state index in [1.807, 2.05) is 42.5 Å². The lowest BCUT2D eigenvalue weighted by Gasteiger charge is -2.06. The second-order valence-electron chi connectivity index (χ2n) is 4.93. The van der Waals surface area contributed by atoms with Gasteiger partial charge in [0, 0.05) is 25.5 Å². The SMILES string of the molecule is O=S(=O)(CCOC=[SH]NCc1cccnc1)NCc1ccccc1. The number of thiol groups is 1. The van der Waals surface area contributed by atoms with E-state index in [0.717, 1.165) is 22.7 Å². The molecular formula is C16H21N3O3S2. The van der Waals surface area contributed by atoms with Crippen LogP contribution in [-0.4, -0.2) is 31.3 Å². The third-order valence-electron chi connectivity index (χ3n) is 3.03. The lowest BCUT2D eigenvalue weighted by atomic mass is 10.2. The Bertz CT molecular complexity index is 723. The van der Waals surface area contributed by atoms with Gasteiger partial charge in [0.25, 0.3) is 0 Å². The molecule has 130 valence electrons. The number of pyridine rings is 1. The van der Waals surface area contributed by atoms with Crippen LogP contribution < -0.4 is 9.44 Å². The Labute approximate surface area is 146 Å². The van der Waals surface area contributed by atoms with E-state index in [-0.39, 0.29) is 18.9 Å². The number of sulfonamides is 1. The Morgan fingerprint density at radius 3 is 2.62 bits per heavy atom. The van der Waals surface area contributed by atoms with Crippen molar-refractivity contribution in [3.8, 4) is 0 Å². The monoisotopic (exact) mass is 367 g/mol. The van der Waals surface area contributed by atoms with E-state index < -0.39 is 10.0 Å². The summed E-state index contributed by atoms with van der Waals surface area (Å²) in [6.45, 7) is 1.08. The largest absolute Gasteiger partial charge is 0.346 e. The van der Waals surface area contributed by atoms with E-state index in [4.69, 9.17) is 4.74 Å². The third kappa shape index (κ3) is 7.80. The molecule has 0 atom stereocenters. The van der Waals surface area contributed by atoms with Crippen LogP contribution in [-0.2, 0) is 27.8 Å². The van der Waals surface area contributed by atoms with Gasteiger partial charge in [-0.15, -0.1) is 11.5 Å². The zero-order valence-corrected chi connectivity index (χ0v) is 14.8. The maximum absolute atomic E-state index is 11.8. The van der Waals surface area contributed by atoms with Crippen molar-refractivity contribution < 1.29 is 13.2 Å². The summed E-state index contributed by atoms with van der Waals surface area (Å²) in [7, 11) is -3.34. The Morgan fingerprint density at radius 1 is 1.08 bits per heavy atom. The smallest absolute Gasteiger partial charge is 0.214 e. The molecule has 0 saturated heterocycles. The summed E-state index contributed by atoms with van der Waals surface area (Å²) in [5.41, 5.74) is 3.54. The van der Waals surface area contributed by atoms with Crippen LogP contribution in [0.1, 0.15) is 11.1 Å². The van der Waals surface area contributed by atoms with Gasteiger partial charge in [0.15, 0.2) is 0 Å². The molecule has 0 radical (unpaired) electrons. The number of nitrogens with one attached hydrogen (secondary N) is 2. The Kier molecular flexibility index (Phi) is 8.06. The lowest BCUT2D eigenvalue weighted by Crippen LogP contribution is -2.27. The molecule has 1 heterocycles. The molecule has 6 nitrogen and oxygen atoms in total. The Morgan fingerprint density at radius 2 is 1.88 bits per heavy atom. The average Bonchev–Trinajstić information content (AvgIpc) is 2.61. The highest BCUT2D eigenvalue weighted by Crippen LogP contribution is 1.99. The second kappa shape index (κ2) is 10.3. The van der Waals surface area contributed by atoms with Crippen molar-refractivity contribution in [2.75, 3.05) is 12.4 Å². The summed E-state index contributed by atoms with van der Waals surface area (Å²) in [5, 5.41) is 0. The lowest BCUT2D eigenvalue weighted by molar-refractivity contribution is 0.351. The fraction of sp³-hybridized carbons (Fsp3) is 0.250. The van der Waals surface area contributed by atoms with Gasteiger partial charge >= 0.3 is 0 Å². The van der Waals surface area contributed by atoms with Crippen LogP contribution in [0, 0.1) is 0 Å². The molecule has 1 aromatic carbocycles. The average molecular weight is 367 g/mol. The zero-order chi connectivity index (χ0) is 17.1. The minimum absolute atomic E-state index is 0.0749. The maximum Gasteiger partial charge on any atom is 0.214 e. The summed E-state index contributed by atoms with van der Waals surface area (Å²) < 4.78 is 34.6. The molecule has 0 aliphatic carbocycles. The quantitative estimate of drug-likeness (QED) is 0.336. The van der Waals surface area contributed by atoms with Gasteiger partial charge in [0.05, 0.1) is 17.9 Å². The van der Waals surface area contributed by atoms with E-state index in [1.54, 1.807) is 17.9 Å². The van der Waals surface area contributed by atoms with Gasteiger partial charge in [-0.2, -0.15) is 0 Å². The fourth-order valence-electron chi connectivity index (χ4n) is 1.79. The molecule has 0 fully saturated rings. The van der Waals surface area contributed by atoms with Crippen molar-refractivity contribution >= 4 is 27.1 Å². The molecule has 2 aromatic rings. The van der Waals surface area contributed by atoms with Gasteiger partial charge in [-0.05, 0) is 17.2 Å². The van der Waals surface area contributed by atoms with Crippen LogP contribution in [0.15, 0.2) is 54.9 Å². The molecule has 2 N–H and O–H groups in total. The molecule has 0 spiro atoms. The third-order valence-corrected chi connectivity index (χ3v) is 4.92. The van der Waals surface area contributed by atoms with Crippen LogP contribution in [0.3, 0.4) is 0 Å². The van der Waals surface area contributed by atoms with Crippen molar-refractivity contribution in [3.63, 3.8) is 0 Å². The summed E-state index contributed by atoms with van der Waals surface area (Å²) in [6.07, 6.45) is 3.51. The summed E-state index contributed by atoms with van der Waals surface area (Å²) in [5.74, 6) is -0.0749. The molecule has 0 aliphatic heterocycles. The van der Waals surface area contributed by atoms with Crippen molar-refractivity contribution in [2.24, 2.45) is 0 Å². The normalized spacial score (nSPS) is 12.2. The number of hydrogen-bond donors (Lipinski definition) is 3. The first-order valence-electron chi connectivity index (χ1n) is 7.42. The van der Waals surface area contributed by atoms with Gasteiger partial charge in [0.1, 0.15) is 0 Å². The molecule has 8 heteroatoms. The molecule has 1 aromatic heterocycles. The van der Waals surface area contributed by atoms with E-state index >= 15 is 0 Å². The molecular weight excluding hydrogens is 346 g/mol. The van der Waals surface area contributed by atoms with Crippen molar-refractivity contribution in [1.29, 1.82) is 0 Å². The first-order valence-corrected chi connectivity index (χ1v) is 10.0. The van der Waals surface area contributed by atoms with Crippen LogP contribution in [0.25, 0.3) is 0 Å². The number of hydrogen-bond acceptors (Lipinski definition) is 5. The van der Waals surface area contributed by atoms with Crippen molar-refractivity contribution in [1.82, 2.24) is 14.4 Å². The van der Waals surface area contributed by atoms with Crippen LogP contribution in [0.2, 0.25) is 0 Å². The highest BCUT2D eigenvalue weighted by atomic mass is 32.2. The molecule has 0 bridgehead atoms. The topological polar surface area (TPSA) is 80.3 Å². The van der Waals surface area contributed by atoms with Gasteiger partial charge in [0.2, 0.25) is 10.0 Å². The Balaban J connectivity index is 1.59. The molecule has 0 saturated carbocycles. The predicted molar refractivity (Wildman–Crippen MR) is 99.1 cm³/mol. The summed E-state index contributed by atoms with van der Waals surface area (Å²) in [6, 6.07) is 13.2. The standard InChI is InChI=1S/C16H21N3O3S2/c20-24(21,19-13-15-5-2-1-3-6-15)10-9-22-14-23-18-12-16-7-4-8-17-11-16/h1-8,11,14,18-19,23H,9-10,12-13H2. The number of rotatable bonds is 10.